The zero-order valence-corrected chi connectivity index (χ0v) is 24.6. The Kier molecular flexibility index (Phi) is 15.4. The molecule has 1 unspecified atom stereocenters. The van der Waals surface area contributed by atoms with Crippen molar-refractivity contribution in [1.29, 1.82) is 0 Å². The highest BCUT2D eigenvalue weighted by atomic mass is 16.6. The predicted octanol–water partition coefficient (Wildman–Crippen LogP) is 5.15. The van der Waals surface area contributed by atoms with E-state index in [1.165, 1.54) is 6.07 Å². The van der Waals surface area contributed by atoms with E-state index in [4.69, 9.17) is 24.7 Å². The first-order valence-corrected chi connectivity index (χ1v) is 14.0. The van der Waals surface area contributed by atoms with Gasteiger partial charge in [-0.25, -0.2) is 0 Å². The van der Waals surface area contributed by atoms with E-state index >= 15 is 0 Å². The first-order chi connectivity index (χ1) is 18.3. The fourth-order valence-corrected chi connectivity index (χ4v) is 3.38. The molecule has 0 amide bonds. The third-order valence-corrected chi connectivity index (χ3v) is 6.07. The molecule has 3 atom stereocenters. The molecule has 39 heavy (non-hydrogen) atoms. The van der Waals surface area contributed by atoms with E-state index in [-0.39, 0.29) is 49.3 Å². The number of hydrogen-bond donors (Lipinski definition) is 1. The van der Waals surface area contributed by atoms with Crippen molar-refractivity contribution in [2.75, 3.05) is 6.61 Å². The second kappa shape index (κ2) is 17.6. The number of nitrogens with two attached hydrogens (primary N) is 1. The van der Waals surface area contributed by atoms with Crippen LogP contribution in [0.2, 0.25) is 0 Å². The van der Waals surface area contributed by atoms with Crippen LogP contribution in [-0.2, 0) is 35.1 Å². The van der Waals surface area contributed by atoms with Crippen molar-refractivity contribution in [3.63, 3.8) is 0 Å². The summed E-state index contributed by atoms with van der Waals surface area (Å²) in [6.45, 7) is 13.5. The fraction of sp³-hybridized carbons (Fsp3) is 0.667. The smallest absolute Gasteiger partial charge is 0.323 e. The van der Waals surface area contributed by atoms with Crippen molar-refractivity contribution in [2.24, 2.45) is 23.5 Å². The van der Waals surface area contributed by atoms with Gasteiger partial charge in [-0.1, -0.05) is 54.0 Å². The Morgan fingerprint density at radius 3 is 1.92 bits per heavy atom. The van der Waals surface area contributed by atoms with Gasteiger partial charge >= 0.3 is 23.9 Å². The molecule has 0 fully saturated rings. The summed E-state index contributed by atoms with van der Waals surface area (Å²) >= 11 is 0. The molecule has 1 rings (SSSR count). The maximum Gasteiger partial charge on any atom is 0.323 e. The van der Waals surface area contributed by atoms with Gasteiger partial charge in [-0.05, 0) is 61.6 Å². The van der Waals surface area contributed by atoms with E-state index in [0.717, 1.165) is 6.42 Å². The summed E-state index contributed by atoms with van der Waals surface area (Å²) in [5.41, 5.74) is 6.66. The molecule has 9 heteroatoms. The number of rotatable bonds is 17. The minimum absolute atomic E-state index is 0.0964. The van der Waals surface area contributed by atoms with Crippen LogP contribution >= 0.6 is 0 Å². The molecule has 220 valence electrons. The van der Waals surface area contributed by atoms with Crippen molar-refractivity contribution in [3.05, 3.63) is 23.8 Å². The van der Waals surface area contributed by atoms with E-state index in [1.54, 1.807) is 19.1 Å². The van der Waals surface area contributed by atoms with Crippen LogP contribution in [0.1, 0.15) is 92.6 Å². The summed E-state index contributed by atoms with van der Waals surface area (Å²) in [6.07, 6.45) is 2.46. The SMILES string of the molecule is CCC(C)CC(=O)O[C@@H](C)COC(=O)[C@@H](N)Cc1ccc(OC(=O)CCC(C)C)c(OC(=O)CCC(C)C)c1. The molecular weight excluding hydrogens is 502 g/mol. The lowest BCUT2D eigenvalue weighted by Gasteiger charge is -2.17. The third kappa shape index (κ3) is 14.7. The highest BCUT2D eigenvalue weighted by molar-refractivity contribution is 5.77. The van der Waals surface area contributed by atoms with Crippen molar-refractivity contribution in [1.82, 2.24) is 0 Å². The lowest BCUT2D eigenvalue weighted by Crippen LogP contribution is -2.36. The number of ether oxygens (including phenoxy) is 4. The van der Waals surface area contributed by atoms with Gasteiger partial charge in [0.05, 0.1) is 0 Å². The molecule has 0 spiro atoms. The lowest BCUT2D eigenvalue weighted by molar-refractivity contribution is -0.159. The number of carbonyl (C=O) groups excluding carboxylic acids is 4. The molecule has 9 nitrogen and oxygen atoms in total. The number of hydrogen-bond acceptors (Lipinski definition) is 9. The molecular formula is C30H47NO8. The Labute approximate surface area is 233 Å². The van der Waals surface area contributed by atoms with E-state index in [9.17, 15) is 19.2 Å². The Bertz CT molecular complexity index is 943. The summed E-state index contributed by atoms with van der Waals surface area (Å²) in [7, 11) is 0. The van der Waals surface area contributed by atoms with Crippen molar-refractivity contribution < 1.29 is 38.1 Å². The molecule has 0 aliphatic carbocycles. The largest absolute Gasteiger partial charge is 0.461 e. The van der Waals surface area contributed by atoms with Crippen LogP contribution in [0.5, 0.6) is 11.5 Å². The monoisotopic (exact) mass is 549 g/mol. The van der Waals surface area contributed by atoms with Crippen molar-refractivity contribution in [2.45, 2.75) is 106 Å². The molecule has 1 aromatic carbocycles. The molecule has 0 radical (unpaired) electrons. The van der Waals surface area contributed by atoms with Gasteiger partial charge in [0.2, 0.25) is 0 Å². The van der Waals surface area contributed by atoms with E-state index in [1.807, 2.05) is 41.5 Å². The summed E-state index contributed by atoms with van der Waals surface area (Å²) in [5.74, 6) is -0.735. The minimum atomic E-state index is -1.00. The van der Waals surface area contributed by atoms with Crippen LogP contribution in [0.4, 0.5) is 0 Å². The zero-order chi connectivity index (χ0) is 29.5. The molecule has 1 aromatic rings. The molecule has 0 aliphatic heterocycles. The molecule has 0 bridgehead atoms. The average Bonchev–Trinajstić information content (AvgIpc) is 2.85. The summed E-state index contributed by atoms with van der Waals surface area (Å²) < 4.78 is 21.5. The van der Waals surface area contributed by atoms with Crippen LogP contribution in [0.3, 0.4) is 0 Å². The Morgan fingerprint density at radius 2 is 1.38 bits per heavy atom. The van der Waals surface area contributed by atoms with Crippen molar-refractivity contribution in [3.8, 4) is 11.5 Å². The maximum absolute atomic E-state index is 12.5. The van der Waals surface area contributed by atoms with Gasteiger partial charge in [0.25, 0.3) is 0 Å². The highest BCUT2D eigenvalue weighted by Crippen LogP contribution is 2.30. The van der Waals surface area contributed by atoms with Gasteiger partial charge in [0, 0.05) is 19.3 Å². The first kappa shape index (κ1) is 34.1. The van der Waals surface area contributed by atoms with E-state index in [2.05, 4.69) is 0 Å². The van der Waals surface area contributed by atoms with Crippen LogP contribution in [-0.4, -0.2) is 42.6 Å². The molecule has 0 aromatic heterocycles. The first-order valence-electron chi connectivity index (χ1n) is 14.0. The average molecular weight is 550 g/mol. The predicted molar refractivity (Wildman–Crippen MR) is 148 cm³/mol. The lowest BCUT2D eigenvalue weighted by atomic mass is 10.1. The topological polar surface area (TPSA) is 131 Å². The Balaban J connectivity index is 2.83. The van der Waals surface area contributed by atoms with Crippen LogP contribution in [0.15, 0.2) is 18.2 Å². The van der Waals surface area contributed by atoms with Gasteiger partial charge in [-0.3, -0.25) is 19.2 Å². The van der Waals surface area contributed by atoms with Gasteiger partial charge in [0.15, 0.2) is 11.5 Å². The van der Waals surface area contributed by atoms with E-state index in [0.29, 0.717) is 36.7 Å². The minimum Gasteiger partial charge on any atom is -0.461 e. The standard InChI is InChI=1S/C30H47NO8/c1-8-21(6)15-29(34)37-22(7)18-36-30(35)24(31)16-23-11-12-25(38-27(32)13-9-19(2)3)26(17-23)39-28(33)14-10-20(4)5/h11-12,17,19-22,24H,8-10,13-16,18,31H2,1-7H3/t21?,22-,24-/m0/s1. The van der Waals surface area contributed by atoms with Crippen LogP contribution in [0, 0.1) is 17.8 Å². The fourth-order valence-electron chi connectivity index (χ4n) is 3.38. The van der Waals surface area contributed by atoms with Crippen LogP contribution < -0.4 is 15.2 Å². The number of benzene rings is 1. The van der Waals surface area contributed by atoms with Crippen molar-refractivity contribution >= 4 is 23.9 Å². The summed E-state index contributed by atoms with van der Waals surface area (Å²) in [5, 5.41) is 0. The van der Waals surface area contributed by atoms with Gasteiger partial charge in [-0.2, -0.15) is 0 Å². The van der Waals surface area contributed by atoms with Gasteiger partial charge < -0.3 is 24.7 Å². The highest BCUT2D eigenvalue weighted by Gasteiger charge is 2.21. The Hall–Kier alpha value is -2.94. The Morgan fingerprint density at radius 1 is 0.821 bits per heavy atom. The molecule has 0 saturated carbocycles. The van der Waals surface area contributed by atoms with Gasteiger partial charge in [0.1, 0.15) is 18.8 Å². The van der Waals surface area contributed by atoms with Crippen LogP contribution in [0.25, 0.3) is 0 Å². The molecule has 0 saturated heterocycles. The zero-order valence-electron chi connectivity index (χ0n) is 24.6. The maximum atomic E-state index is 12.5. The third-order valence-electron chi connectivity index (χ3n) is 6.07. The quantitative estimate of drug-likeness (QED) is 0.207. The number of carbonyl (C=O) groups is 4. The summed E-state index contributed by atoms with van der Waals surface area (Å²) in [4.78, 5) is 49.1. The summed E-state index contributed by atoms with van der Waals surface area (Å²) in [6, 6.07) is 3.73. The van der Waals surface area contributed by atoms with E-state index < -0.39 is 30.1 Å². The molecule has 0 heterocycles. The molecule has 0 aliphatic rings. The normalized spacial score (nSPS) is 13.5. The second-order valence-corrected chi connectivity index (χ2v) is 11.1. The number of esters is 4. The molecule has 2 N–H and O–H groups in total. The van der Waals surface area contributed by atoms with Gasteiger partial charge in [-0.15, -0.1) is 0 Å². The second-order valence-electron chi connectivity index (χ2n) is 11.1.